The maximum atomic E-state index is 12.5. The molecule has 0 heterocycles. The standard InChI is InChI=1S/C74H139NO5/c1-3-5-7-9-11-13-15-17-19-20-33-36-39-42-46-50-54-58-62-66-72(77)71(70-76)75-73(78)67-63-59-55-51-47-43-40-37-34-31-29-27-25-23-21-22-24-26-28-30-32-35-38-41-45-49-53-57-61-65-69-80-74(79)68-64-60-56-52-48-44-18-16-14-12-10-8-6-4-2/h10,12,16,18,22,24,62,66,71-72,76-77H,3-9,11,13-15,17,19-21,23,25-61,63-65,67-70H2,1-2H3,(H,75,78)/b12-10-,18-16-,24-22-,66-62+. The van der Waals surface area contributed by atoms with Gasteiger partial charge >= 0.3 is 5.97 Å². The molecule has 6 nitrogen and oxygen atoms in total. The lowest BCUT2D eigenvalue weighted by atomic mass is 10.0. The Kier molecular flexibility index (Phi) is 67.4. The van der Waals surface area contributed by atoms with E-state index in [2.05, 4.69) is 55.6 Å². The van der Waals surface area contributed by atoms with E-state index < -0.39 is 12.1 Å². The number of hydrogen-bond acceptors (Lipinski definition) is 5. The largest absolute Gasteiger partial charge is 0.466 e. The third kappa shape index (κ3) is 65.0. The van der Waals surface area contributed by atoms with Gasteiger partial charge in [-0.2, -0.15) is 0 Å². The molecule has 0 aromatic carbocycles. The lowest BCUT2D eigenvalue weighted by Gasteiger charge is -2.20. The van der Waals surface area contributed by atoms with Crippen LogP contribution in [0.5, 0.6) is 0 Å². The van der Waals surface area contributed by atoms with Gasteiger partial charge in [0.1, 0.15) is 0 Å². The molecule has 470 valence electrons. The molecule has 0 aliphatic carbocycles. The average molecular weight is 1120 g/mol. The van der Waals surface area contributed by atoms with Crippen molar-refractivity contribution in [2.75, 3.05) is 13.2 Å². The molecule has 1 amide bonds. The Balaban J connectivity index is 3.40. The van der Waals surface area contributed by atoms with Crippen molar-refractivity contribution in [1.82, 2.24) is 5.32 Å². The van der Waals surface area contributed by atoms with Gasteiger partial charge in [-0.25, -0.2) is 0 Å². The summed E-state index contributed by atoms with van der Waals surface area (Å²) in [4.78, 5) is 24.6. The number of aliphatic hydroxyl groups excluding tert-OH is 2. The highest BCUT2D eigenvalue weighted by Gasteiger charge is 2.18. The summed E-state index contributed by atoms with van der Waals surface area (Å²) in [5.74, 6) is -0.0613. The van der Waals surface area contributed by atoms with Crippen LogP contribution in [-0.2, 0) is 14.3 Å². The number of nitrogens with one attached hydrogen (secondary N) is 1. The maximum Gasteiger partial charge on any atom is 0.305 e. The van der Waals surface area contributed by atoms with E-state index in [4.69, 9.17) is 4.74 Å². The van der Waals surface area contributed by atoms with Crippen LogP contribution in [0.25, 0.3) is 0 Å². The number of ether oxygens (including phenoxy) is 1. The van der Waals surface area contributed by atoms with E-state index in [1.165, 1.54) is 308 Å². The van der Waals surface area contributed by atoms with E-state index in [1.807, 2.05) is 6.08 Å². The molecule has 0 aliphatic heterocycles. The average Bonchev–Trinajstić information content (AvgIpc) is 3.46. The van der Waals surface area contributed by atoms with Crippen LogP contribution in [0.15, 0.2) is 48.6 Å². The minimum absolute atomic E-state index is 0.00223. The second-order valence-electron chi connectivity index (χ2n) is 24.6. The number of hydrogen-bond donors (Lipinski definition) is 3. The van der Waals surface area contributed by atoms with E-state index >= 15 is 0 Å². The van der Waals surface area contributed by atoms with E-state index in [0.29, 0.717) is 19.4 Å². The Hall–Kier alpha value is -2.18. The van der Waals surface area contributed by atoms with Crippen LogP contribution in [0.2, 0.25) is 0 Å². The summed E-state index contributed by atoms with van der Waals surface area (Å²) in [5.41, 5.74) is 0. The first-order valence-electron chi connectivity index (χ1n) is 35.9. The van der Waals surface area contributed by atoms with Gasteiger partial charge in [-0.15, -0.1) is 0 Å². The van der Waals surface area contributed by atoms with Gasteiger partial charge in [0.25, 0.3) is 0 Å². The molecular weight excluding hydrogens is 983 g/mol. The number of carbonyl (C=O) groups excluding carboxylic acids is 2. The van der Waals surface area contributed by atoms with Crippen molar-refractivity contribution in [3.63, 3.8) is 0 Å². The summed E-state index contributed by atoms with van der Waals surface area (Å²) in [6, 6.07) is -0.628. The molecule has 0 rings (SSSR count). The van der Waals surface area contributed by atoms with Gasteiger partial charge in [-0.1, -0.05) is 339 Å². The Morgan fingerprint density at radius 2 is 0.637 bits per heavy atom. The predicted molar refractivity (Wildman–Crippen MR) is 352 cm³/mol. The number of amides is 1. The molecule has 0 spiro atoms. The quantitative estimate of drug-likeness (QED) is 0.0320. The van der Waals surface area contributed by atoms with Crippen molar-refractivity contribution >= 4 is 11.9 Å². The lowest BCUT2D eigenvalue weighted by molar-refractivity contribution is -0.143. The number of esters is 1. The summed E-state index contributed by atoms with van der Waals surface area (Å²) in [7, 11) is 0. The van der Waals surface area contributed by atoms with Crippen LogP contribution < -0.4 is 5.32 Å². The van der Waals surface area contributed by atoms with Crippen molar-refractivity contribution in [1.29, 1.82) is 0 Å². The molecule has 0 saturated carbocycles. The highest BCUT2D eigenvalue weighted by Crippen LogP contribution is 2.18. The molecule has 0 bridgehead atoms. The van der Waals surface area contributed by atoms with Crippen LogP contribution >= 0.6 is 0 Å². The van der Waals surface area contributed by atoms with Gasteiger partial charge < -0.3 is 20.3 Å². The van der Waals surface area contributed by atoms with E-state index in [0.717, 1.165) is 51.4 Å². The van der Waals surface area contributed by atoms with Gasteiger partial charge in [-0.3, -0.25) is 9.59 Å². The van der Waals surface area contributed by atoms with Gasteiger partial charge in [0, 0.05) is 12.8 Å². The molecule has 0 radical (unpaired) electrons. The lowest BCUT2D eigenvalue weighted by Crippen LogP contribution is -2.45. The summed E-state index contributed by atoms with van der Waals surface area (Å²) in [6.07, 6.45) is 90.5. The second kappa shape index (κ2) is 69.3. The van der Waals surface area contributed by atoms with Gasteiger partial charge in [0.2, 0.25) is 5.91 Å². The first-order chi connectivity index (χ1) is 39.5. The fraction of sp³-hybridized carbons (Fsp3) is 0.865. The summed E-state index contributed by atoms with van der Waals surface area (Å²) >= 11 is 0. The first-order valence-corrected chi connectivity index (χ1v) is 35.9. The minimum atomic E-state index is -0.845. The van der Waals surface area contributed by atoms with Crippen LogP contribution in [0, 0.1) is 0 Å². The minimum Gasteiger partial charge on any atom is -0.466 e. The Morgan fingerprint density at radius 3 is 1.00 bits per heavy atom. The molecule has 6 heteroatoms. The Bertz CT molecular complexity index is 1340. The normalized spacial score (nSPS) is 12.8. The Morgan fingerprint density at radius 1 is 0.350 bits per heavy atom. The SMILES string of the molecule is CCCC/C=C\C/C=C\CCCCCCCC(=O)OCCCCCCCCCCCCCC/C=C\CCCCCCCCCCCCCCCCC(=O)NC(CO)C(O)/C=C/CCCCCCCCCCCCCCCCCCC. The number of aliphatic hydroxyl groups is 2. The van der Waals surface area contributed by atoms with Crippen molar-refractivity contribution < 1.29 is 24.5 Å². The molecule has 2 unspecified atom stereocenters. The zero-order chi connectivity index (χ0) is 57.8. The molecule has 0 saturated heterocycles. The van der Waals surface area contributed by atoms with Crippen molar-refractivity contribution in [2.45, 2.75) is 398 Å². The summed E-state index contributed by atoms with van der Waals surface area (Å²) in [6.45, 7) is 4.89. The first kappa shape index (κ1) is 77.8. The maximum absolute atomic E-state index is 12.5. The predicted octanol–water partition coefficient (Wildman–Crippen LogP) is 23.3. The van der Waals surface area contributed by atoms with E-state index in [1.54, 1.807) is 6.08 Å². The van der Waals surface area contributed by atoms with Crippen LogP contribution in [-0.4, -0.2) is 47.4 Å². The number of allylic oxidation sites excluding steroid dienone is 7. The van der Waals surface area contributed by atoms with Gasteiger partial charge in [0.15, 0.2) is 0 Å². The molecule has 0 aromatic rings. The van der Waals surface area contributed by atoms with E-state index in [-0.39, 0.29) is 18.5 Å². The van der Waals surface area contributed by atoms with Gasteiger partial charge in [0.05, 0.1) is 25.4 Å². The highest BCUT2D eigenvalue weighted by atomic mass is 16.5. The fourth-order valence-electron chi connectivity index (χ4n) is 11.1. The van der Waals surface area contributed by atoms with Crippen molar-refractivity contribution in [3.8, 4) is 0 Å². The van der Waals surface area contributed by atoms with Crippen molar-refractivity contribution in [3.05, 3.63) is 48.6 Å². The van der Waals surface area contributed by atoms with Gasteiger partial charge in [-0.05, 0) is 83.5 Å². The van der Waals surface area contributed by atoms with Crippen molar-refractivity contribution in [2.24, 2.45) is 0 Å². The van der Waals surface area contributed by atoms with Crippen LogP contribution in [0.4, 0.5) is 0 Å². The number of unbranched alkanes of at least 4 members (excludes halogenated alkanes) is 50. The smallest absolute Gasteiger partial charge is 0.305 e. The molecule has 3 N–H and O–H groups in total. The number of rotatable bonds is 67. The highest BCUT2D eigenvalue weighted by molar-refractivity contribution is 5.76. The van der Waals surface area contributed by atoms with Crippen LogP contribution in [0.1, 0.15) is 386 Å². The summed E-state index contributed by atoms with van der Waals surface area (Å²) in [5, 5.41) is 23.2. The molecule has 80 heavy (non-hydrogen) atoms. The number of carbonyl (C=O) groups is 2. The topological polar surface area (TPSA) is 95.9 Å². The zero-order valence-corrected chi connectivity index (χ0v) is 53.8. The third-order valence-corrected chi connectivity index (χ3v) is 16.6. The van der Waals surface area contributed by atoms with Crippen LogP contribution in [0.3, 0.4) is 0 Å². The Labute approximate surface area is 499 Å². The molecule has 2 atom stereocenters. The molecular formula is C74H139NO5. The molecule has 0 fully saturated rings. The summed E-state index contributed by atoms with van der Waals surface area (Å²) < 4.78 is 5.48. The monoisotopic (exact) mass is 1120 g/mol. The van der Waals surface area contributed by atoms with E-state index in [9.17, 15) is 19.8 Å². The fourth-order valence-corrected chi connectivity index (χ4v) is 11.1. The second-order valence-corrected chi connectivity index (χ2v) is 24.6. The third-order valence-electron chi connectivity index (χ3n) is 16.6. The molecule has 0 aromatic heterocycles. The molecule has 0 aliphatic rings. The zero-order valence-electron chi connectivity index (χ0n) is 53.8.